The van der Waals surface area contributed by atoms with E-state index in [9.17, 15) is 9.59 Å². The summed E-state index contributed by atoms with van der Waals surface area (Å²) < 4.78 is 0. The minimum absolute atomic E-state index is 0.000654. The summed E-state index contributed by atoms with van der Waals surface area (Å²) in [5.74, 6) is -0.148. The fourth-order valence-corrected chi connectivity index (χ4v) is 1.73. The Morgan fingerprint density at radius 3 is 2.38 bits per heavy atom. The van der Waals surface area contributed by atoms with Gasteiger partial charge in [0.15, 0.2) is 5.69 Å². The second-order valence-electron chi connectivity index (χ2n) is 4.40. The first-order valence-electron chi connectivity index (χ1n) is 6.18. The van der Waals surface area contributed by atoms with E-state index in [0.717, 1.165) is 5.69 Å². The van der Waals surface area contributed by atoms with Crippen LogP contribution in [0.15, 0.2) is 30.3 Å². The van der Waals surface area contributed by atoms with Gasteiger partial charge in [-0.25, -0.2) is 14.8 Å². The molecular formula is C14H14N4O3. The van der Waals surface area contributed by atoms with Gasteiger partial charge in [-0.05, 0) is 38.1 Å². The molecule has 0 aliphatic heterocycles. The van der Waals surface area contributed by atoms with Crippen molar-refractivity contribution >= 4 is 23.5 Å². The second-order valence-corrected chi connectivity index (χ2v) is 4.40. The zero-order chi connectivity index (χ0) is 15.4. The number of nitrogens with zero attached hydrogens (tertiary/aromatic N) is 2. The van der Waals surface area contributed by atoms with Gasteiger partial charge in [0.2, 0.25) is 0 Å². The van der Waals surface area contributed by atoms with E-state index >= 15 is 0 Å². The van der Waals surface area contributed by atoms with E-state index in [2.05, 4.69) is 20.6 Å². The fraction of sp³-hybridized carbons (Fsp3) is 0.143. The molecule has 108 valence electrons. The first-order chi connectivity index (χ1) is 9.95. The van der Waals surface area contributed by atoms with Crippen LogP contribution in [0.3, 0.4) is 0 Å². The van der Waals surface area contributed by atoms with Crippen molar-refractivity contribution in [3.05, 3.63) is 47.4 Å². The van der Waals surface area contributed by atoms with Crippen LogP contribution in [-0.4, -0.2) is 27.1 Å². The molecule has 2 amide bonds. The van der Waals surface area contributed by atoms with E-state index in [1.54, 1.807) is 38.1 Å². The van der Waals surface area contributed by atoms with Crippen LogP contribution in [0.2, 0.25) is 0 Å². The molecule has 0 unspecified atom stereocenters. The zero-order valence-corrected chi connectivity index (χ0v) is 11.5. The number of aromatic nitrogens is 2. The maximum absolute atomic E-state index is 12.2. The lowest BCUT2D eigenvalue weighted by molar-refractivity contribution is 0.102. The molecule has 0 radical (unpaired) electrons. The molecule has 0 aromatic carbocycles. The first-order valence-corrected chi connectivity index (χ1v) is 6.18. The number of hydrogen-bond acceptors (Lipinski definition) is 4. The Hall–Kier alpha value is -2.96. The quantitative estimate of drug-likeness (QED) is 0.803. The predicted molar refractivity (Wildman–Crippen MR) is 77.5 cm³/mol. The van der Waals surface area contributed by atoms with Crippen LogP contribution in [0.25, 0.3) is 0 Å². The normalized spacial score (nSPS) is 10.0. The molecule has 2 heterocycles. The molecule has 7 heteroatoms. The number of carbonyl (C=O) groups is 2. The van der Waals surface area contributed by atoms with Crippen molar-refractivity contribution in [1.29, 1.82) is 0 Å². The SMILES string of the molecule is Cc1cccc(NC(=O)c2nc(C)ccc2NC(=O)O)n1. The lowest BCUT2D eigenvalue weighted by atomic mass is 10.2. The number of rotatable bonds is 3. The van der Waals surface area contributed by atoms with Crippen LogP contribution in [0.4, 0.5) is 16.3 Å². The maximum Gasteiger partial charge on any atom is 0.409 e. The highest BCUT2D eigenvalue weighted by Gasteiger charge is 2.16. The summed E-state index contributed by atoms with van der Waals surface area (Å²) in [7, 11) is 0. The van der Waals surface area contributed by atoms with Crippen molar-refractivity contribution < 1.29 is 14.7 Å². The van der Waals surface area contributed by atoms with Crippen LogP contribution in [0.5, 0.6) is 0 Å². The average molecular weight is 286 g/mol. The molecule has 0 aliphatic carbocycles. The number of amides is 2. The van der Waals surface area contributed by atoms with Gasteiger partial charge in [0, 0.05) is 11.4 Å². The third-order valence-electron chi connectivity index (χ3n) is 2.62. The molecule has 0 bridgehead atoms. The average Bonchev–Trinajstić information content (AvgIpc) is 2.40. The van der Waals surface area contributed by atoms with Crippen LogP contribution in [0, 0.1) is 13.8 Å². The minimum atomic E-state index is -1.26. The highest BCUT2D eigenvalue weighted by atomic mass is 16.4. The van der Waals surface area contributed by atoms with Crippen LogP contribution in [0.1, 0.15) is 21.9 Å². The molecule has 0 spiro atoms. The molecule has 7 nitrogen and oxygen atoms in total. The number of carbonyl (C=O) groups excluding carboxylic acids is 1. The van der Waals surface area contributed by atoms with Crippen LogP contribution in [-0.2, 0) is 0 Å². The van der Waals surface area contributed by atoms with Gasteiger partial charge in [0.05, 0.1) is 5.69 Å². The second kappa shape index (κ2) is 6.00. The van der Waals surface area contributed by atoms with Gasteiger partial charge in [-0.15, -0.1) is 0 Å². The minimum Gasteiger partial charge on any atom is -0.465 e. The fourth-order valence-electron chi connectivity index (χ4n) is 1.73. The highest BCUT2D eigenvalue weighted by molar-refractivity contribution is 6.07. The van der Waals surface area contributed by atoms with Crippen molar-refractivity contribution in [3.8, 4) is 0 Å². The molecule has 0 aliphatic rings. The van der Waals surface area contributed by atoms with E-state index < -0.39 is 12.0 Å². The lowest BCUT2D eigenvalue weighted by Crippen LogP contribution is -2.19. The number of anilines is 2. The standard InChI is InChI=1S/C14H14N4O3/c1-8-4-3-5-11(15-8)18-13(19)12-10(17-14(20)21)7-6-9(2)16-12/h3-7,17H,1-2H3,(H,20,21)(H,15,18,19). The molecule has 21 heavy (non-hydrogen) atoms. The van der Waals surface area contributed by atoms with E-state index in [-0.39, 0.29) is 11.4 Å². The number of carboxylic acid groups (broad SMARTS) is 1. The Labute approximate surface area is 121 Å². The molecule has 2 aromatic heterocycles. The summed E-state index contributed by atoms with van der Waals surface area (Å²) in [5.41, 5.74) is 1.49. The summed E-state index contributed by atoms with van der Waals surface area (Å²) in [4.78, 5) is 31.2. The van der Waals surface area contributed by atoms with Gasteiger partial charge in [-0.3, -0.25) is 10.1 Å². The Morgan fingerprint density at radius 1 is 1.00 bits per heavy atom. The van der Waals surface area contributed by atoms with Crippen molar-refractivity contribution in [2.24, 2.45) is 0 Å². The van der Waals surface area contributed by atoms with Crippen LogP contribution < -0.4 is 10.6 Å². The number of pyridine rings is 2. The molecule has 0 saturated heterocycles. The summed E-state index contributed by atoms with van der Waals surface area (Å²) in [5, 5.41) is 13.5. The number of aryl methyl sites for hydroxylation is 2. The molecular weight excluding hydrogens is 272 g/mol. The van der Waals surface area contributed by atoms with Gasteiger partial charge in [-0.1, -0.05) is 6.07 Å². The molecule has 3 N–H and O–H groups in total. The molecule has 0 fully saturated rings. The molecule has 2 rings (SSSR count). The number of nitrogens with one attached hydrogen (secondary N) is 2. The lowest BCUT2D eigenvalue weighted by Gasteiger charge is -2.09. The highest BCUT2D eigenvalue weighted by Crippen LogP contribution is 2.16. The summed E-state index contributed by atoms with van der Waals surface area (Å²) in [6.45, 7) is 3.52. The summed E-state index contributed by atoms with van der Waals surface area (Å²) in [6.07, 6.45) is -1.26. The number of hydrogen-bond donors (Lipinski definition) is 3. The van der Waals surface area contributed by atoms with Gasteiger partial charge in [-0.2, -0.15) is 0 Å². The Bertz CT molecular complexity index is 700. The molecule has 0 atom stereocenters. The Kier molecular flexibility index (Phi) is 4.13. The van der Waals surface area contributed by atoms with Gasteiger partial charge in [0.25, 0.3) is 5.91 Å². The molecule has 0 saturated carbocycles. The largest absolute Gasteiger partial charge is 0.465 e. The van der Waals surface area contributed by atoms with Gasteiger partial charge < -0.3 is 10.4 Å². The third-order valence-corrected chi connectivity index (χ3v) is 2.62. The maximum atomic E-state index is 12.2. The smallest absolute Gasteiger partial charge is 0.409 e. The predicted octanol–water partition coefficient (Wildman–Crippen LogP) is 2.44. The van der Waals surface area contributed by atoms with Crippen molar-refractivity contribution in [1.82, 2.24) is 9.97 Å². The summed E-state index contributed by atoms with van der Waals surface area (Å²) in [6, 6.07) is 8.32. The zero-order valence-electron chi connectivity index (χ0n) is 11.5. The Morgan fingerprint density at radius 2 is 1.71 bits per heavy atom. The van der Waals surface area contributed by atoms with Crippen molar-refractivity contribution in [2.45, 2.75) is 13.8 Å². The van der Waals surface area contributed by atoms with Gasteiger partial charge in [0.1, 0.15) is 5.82 Å². The van der Waals surface area contributed by atoms with E-state index in [1.807, 2.05) is 0 Å². The topological polar surface area (TPSA) is 104 Å². The Balaban J connectivity index is 2.29. The monoisotopic (exact) mass is 286 g/mol. The van der Waals surface area contributed by atoms with Gasteiger partial charge >= 0.3 is 6.09 Å². The molecule has 2 aromatic rings. The van der Waals surface area contributed by atoms with Crippen LogP contribution >= 0.6 is 0 Å². The summed E-state index contributed by atoms with van der Waals surface area (Å²) >= 11 is 0. The van der Waals surface area contributed by atoms with E-state index in [1.165, 1.54) is 6.07 Å². The van der Waals surface area contributed by atoms with Crippen molar-refractivity contribution in [2.75, 3.05) is 10.6 Å². The van der Waals surface area contributed by atoms with E-state index in [4.69, 9.17) is 5.11 Å². The van der Waals surface area contributed by atoms with Crippen molar-refractivity contribution in [3.63, 3.8) is 0 Å². The third kappa shape index (κ3) is 3.75. The first kappa shape index (κ1) is 14.4. The van der Waals surface area contributed by atoms with E-state index in [0.29, 0.717) is 11.5 Å².